The first kappa shape index (κ1) is 22.5. The molecule has 0 unspecified atom stereocenters. The van der Waals surface area contributed by atoms with Crippen molar-refractivity contribution in [3.05, 3.63) is 65.2 Å². The molecule has 1 aliphatic heterocycles. The summed E-state index contributed by atoms with van der Waals surface area (Å²) in [6.45, 7) is 0.252. The second-order valence-corrected chi connectivity index (χ2v) is 10.7. The van der Waals surface area contributed by atoms with E-state index in [2.05, 4.69) is 0 Å². The molecule has 0 spiro atoms. The number of rotatable bonds is 5. The summed E-state index contributed by atoms with van der Waals surface area (Å²) in [4.78, 5) is 27.0. The fourth-order valence-corrected chi connectivity index (χ4v) is 6.22. The Balaban J connectivity index is 1.62. The topological polar surface area (TPSA) is 101 Å². The molecule has 32 heavy (non-hydrogen) atoms. The molecule has 4 rings (SSSR count). The van der Waals surface area contributed by atoms with Crippen molar-refractivity contribution in [3.8, 4) is 0 Å². The van der Waals surface area contributed by atoms with Crippen molar-refractivity contribution in [2.24, 2.45) is 5.73 Å². The van der Waals surface area contributed by atoms with Crippen LogP contribution in [0.4, 0.5) is 0 Å². The molecule has 170 valence electrons. The van der Waals surface area contributed by atoms with Crippen LogP contribution in [-0.4, -0.2) is 48.6 Å². The Hall–Kier alpha value is -2.71. The summed E-state index contributed by atoms with van der Waals surface area (Å²) in [7, 11) is -2.12. The maximum atomic E-state index is 13.4. The van der Waals surface area contributed by atoms with Gasteiger partial charge in [0, 0.05) is 31.6 Å². The van der Waals surface area contributed by atoms with E-state index >= 15 is 0 Å². The molecule has 2 N–H and O–H groups in total. The van der Waals surface area contributed by atoms with E-state index < -0.39 is 27.9 Å². The second-order valence-electron chi connectivity index (χ2n) is 8.66. The smallest absolute Gasteiger partial charge is 0.254 e. The highest BCUT2D eigenvalue weighted by atomic mass is 32.2. The van der Waals surface area contributed by atoms with Crippen LogP contribution in [0.15, 0.2) is 53.4 Å². The molecule has 0 saturated heterocycles. The molecular formula is C24H29N3O4S. The monoisotopic (exact) mass is 455 g/mol. The second kappa shape index (κ2) is 9.03. The standard InChI is InChI=1S/C24H29N3O4S/c1-26(20-11-3-2-4-12-20)32(30,31)21-13-7-10-18(14-21)24(29)27-16-19-9-6-5-8-17(19)15-22(27)23(25)28/h5-10,13-14,20,22H,2-4,11-12,15-16H2,1H3,(H2,25,28)/t22-/m1/s1. The summed E-state index contributed by atoms with van der Waals surface area (Å²) >= 11 is 0. The predicted molar refractivity (Wildman–Crippen MR) is 121 cm³/mol. The van der Waals surface area contributed by atoms with Crippen molar-refractivity contribution >= 4 is 21.8 Å². The predicted octanol–water partition coefficient (Wildman–Crippen LogP) is 2.69. The summed E-state index contributed by atoms with van der Waals surface area (Å²) in [5, 5.41) is 0. The van der Waals surface area contributed by atoms with Crippen molar-refractivity contribution < 1.29 is 18.0 Å². The first-order chi connectivity index (χ1) is 15.3. The fourth-order valence-electron chi connectivity index (χ4n) is 4.75. The van der Waals surface area contributed by atoms with Crippen LogP contribution in [-0.2, 0) is 27.8 Å². The Labute approximate surface area is 189 Å². The van der Waals surface area contributed by atoms with Gasteiger partial charge in [-0.05, 0) is 42.2 Å². The van der Waals surface area contributed by atoms with Crippen LogP contribution in [0.1, 0.15) is 53.6 Å². The minimum absolute atomic E-state index is 0.0223. The molecule has 7 nitrogen and oxygen atoms in total. The first-order valence-electron chi connectivity index (χ1n) is 11.0. The van der Waals surface area contributed by atoms with Gasteiger partial charge in [-0.2, -0.15) is 4.31 Å². The van der Waals surface area contributed by atoms with E-state index in [1.807, 2.05) is 24.3 Å². The third kappa shape index (κ3) is 4.29. The third-order valence-corrected chi connectivity index (χ3v) is 8.59. The summed E-state index contributed by atoms with van der Waals surface area (Å²) in [6.07, 6.45) is 5.22. The molecule has 1 atom stereocenters. The number of carbonyl (C=O) groups is 2. The number of amides is 2. The number of nitrogens with two attached hydrogens (primary N) is 1. The molecule has 2 aliphatic rings. The lowest BCUT2D eigenvalue weighted by atomic mass is 9.93. The number of nitrogens with zero attached hydrogens (tertiary/aromatic N) is 2. The van der Waals surface area contributed by atoms with Crippen LogP contribution in [0.3, 0.4) is 0 Å². The van der Waals surface area contributed by atoms with Gasteiger partial charge in [-0.1, -0.05) is 49.6 Å². The van der Waals surface area contributed by atoms with Crippen LogP contribution in [0.5, 0.6) is 0 Å². The molecule has 2 aromatic carbocycles. The maximum absolute atomic E-state index is 13.4. The molecule has 0 bridgehead atoms. The highest BCUT2D eigenvalue weighted by molar-refractivity contribution is 7.89. The van der Waals surface area contributed by atoms with Gasteiger partial charge in [0.1, 0.15) is 6.04 Å². The van der Waals surface area contributed by atoms with Gasteiger partial charge in [0.2, 0.25) is 15.9 Å². The lowest BCUT2D eigenvalue weighted by molar-refractivity contribution is -0.122. The molecule has 0 radical (unpaired) electrons. The normalized spacial score (nSPS) is 19.6. The van der Waals surface area contributed by atoms with Gasteiger partial charge in [-0.25, -0.2) is 8.42 Å². The Morgan fingerprint density at radius 1 is 1.00 bits per heavy atom. The zero-order valence-electron chi connectivity index (χ0n) is 18.2. The van der Waals surface area contributed by atoms with E-state index in [0.29, 0.717) is 6.42 Å². The quantitative estimate of drug-likeness (QED) is 0.749. The number of primary amides is 1. The lowest BCUT2D eigenvalue weighted by Crippen LogP contribution is -2.51. The van der Waals surface area contributed by atoms with E-state index in [9.17, 15) is 18.0 Å². The van der Waals surface area contributed by atoms with E-state index in [1.165, 1.54) is 21.3 Å². The fraction of sp³-hybridized carbons (Fsp3) is 0.417. The Bertz CT molecular complexity index is 1130. The van der Waals surface area contributed by atoms with Crippen LogP contribution < -0.4 is 5.73 Å². The first-order valence-corrected chi connectivity index (χ1v) is 12.5. The van der Waals surface area contributed by atoms with Gasteiger partial charge >= 0.3 is 0 Å². The molecule has 2 amide bonds. The van der Waals surface area contributed by atoms with Gasteiger partial charge in [0.05, 0.1) is 4.90 Å². The molecule has 1 saturated carbocycles. The summed E-state index contributed by atoms with van der Waals surface area (Å²) < 4.78 is 27.9. The van der Waals surface area contributed by atoms with Gasteiger partial charge in [0.25, 0.3) is 5.91 Å². The highest BCUT2D eigenvalue weighted by Crippen LogP contribution is 2.28. The van der Waals surface area contributed by atoms with Gasteiger partial charge in [-0.15, -0.1) is 0 Å². The number of fused-ring (bicyclic) bond motifs is 1. The number of benzene rings is 2. The van der Waals surface area contributed by atoms with E-state index in [4.69, 9.17) is 5.73 Å². The van der Waals surface area contributed by atoms with Crippen molar-refractivity contribution in [2.45, 2.75) is 62.0 Å². The maximum Gasteiger partial charge on any atom is 0.254 e. The van der Waals surface area contributed by atoms with Gasteiger partial charge in [-0.3, -0.25) is 9.59 Å². The van der Waals surface area contributed by atoms with Gasteiger partial charge in [0.15, 0.2) is 0 Å². The van der Waals surface area contributed by atoms with E-state index in [1.54, 1.807) is 19.2 Å². The minimum Gasteiger partial charge on any atom is -0.368 e. The molecule has 2 aromatic rings. The van der Waals surface area contributed by atoms with Gasteiger partial charge < -0.3 is 10.6 Å². The summed E-state index contributed by atoms with van der Waals surface area (Å²) in [5.74, 6) is -0.977. The lowest BCUT2D eigenvalue weighted by Gasteiger charge is -2.35. The Kier molecular flexibility index (Phi) is 6.35. The summed E-state index contributed by atoms with van der Waals surface area (Å²) in [6, 6.07) is 12.9. The van der Waals surface area contributed by atoms with E-state index in [0.717, 1.165) is 43.2 Å². The number of sulfonamides is 1. The summed E-state index contributed by atoms with van der Waals surface area (Å²) in [5.41, 5.74) is 7.80. The van der Waals surface area contributed by atoms with E-state index in [-0.39, 0.29) is 23.0 Å². The molecular weight excluding hydrogens is 426 g/mol. The average molecular weight is 456 g/mol. The Morgan fingerprint density at radius 3 is 2.38 bits per heavy atom. The molecule has 1 aliphatic carbocycles. The number of hydrogen-bond donors (Lipinski definition) is 1. The SMILES string of the molecule is CN(C1CCCCC1)S(=O)(=O)c1cccc(C(=O)N2Cc3ccccc3C[C@@H]2C(N)=O)c1. The van der Waals surface area contributed by atoms with Crippen molar-refractivity contribution in [1.29, 1.82) is 0 Å². The zero-order chi connectivity index (χ0) is 22.9. The minimum atomic E-state index is -3.73. The zero-order valence-corrected chi connectivity index (χ0v) is 19.1. The third-order valence-electron chi connectivity index (χ3n) is 6.68. The largest absolute Gasteiger partial charge is 0.368 e. The van der Waals surface area contributed by atoms with Crippen LogP contribution in [0, 0.1) is 0 Å². The van der Waals surface area contributed by atoms with Crippen LogP contribution in [0.2, 0.25) is 0 Å². The molecule has 0 aromatic heterocycles. The van der Waals surface area contributed by atoms with Crippen molar-refractivity contribution in [2.75, 3.05) is 7.05 Å². The van der Waals surface area contributed by atoms with Crippen LogP contribution >= 0.6 is 0 Å². The average Bonchev–Trinajstić information content (AvgIpc) is 2.82. The van der Waals surface area contributed by atoms with Crippen molar-refractivity contribution in [3.63, 3.8) is 0 Å². The molecule has 1 fully saturated rings. The van der Waals surface area contributed by atoms with Crippen LogP contribution in [0.25, 0.3) is 0 Å². The van der Waals surface area contributed by atoms with Crippen molar-refractivity contribution in [1.82, 2.24) is 9.21 Å². The molecule has 1 heterocycles. The molecule has 8 heteroatoms. The number of hydrogen-bond acceptors (Lipinski definition) is 4. The Morgan fingerprint density at radius 2 is 1.69 bits per heavy atom. The highest BCUT2D eigenvalue weighted by Gasteiger charge is 2.35. The number of carbonyl (C=O) groups excluding carboxylic acids is 2.